The van der Waals surface area contributed by atoms with Crippen LogP contribution in [0.2, 0.25) is 0 Å². The summed E-state index contributed by atoms with van der Waals surface area (Å²) in [6, 6.07) is 3.86. The van der Waals surface area contributed by atoms with Crippen LogP contribution in [0, 0.1) is 30.1 Å². The number of hydrogen-bond donors (Lipinski definition) is 3. The number of nitrogen functional groups attached to an aromatic ring is 1. The standard InChI is InChI=1S/C27H36N4O3S/c1-15-14-29-26(35-15)30-23(33)6-4-5-16-13-22(31-34-3)27(2)12-11-18-17-9-10-21(32)25(28)20(17)8-7-19(18)24(16)27/h9-10,14,16,18-19,24,32H,4-8,11-13,28H2,1-3H3,(H,29,30,33)/b31-22+/t16-,18?,19?,24?,27-/m1/s1. The van der Waals surface area contributed by atoms with E-state index in [4.69, 9.17) is 10.6 Å². The van der Waals surface area contributed by atoms with Crippen molar-refractivity contribution in [1.82, 2.24) is 4.98 Å². The van der Waals surface area contributed by atoms with E-state index in [1.807, 2.05) is 6.92 Å². The van der Waals surface area contributed by atoms with Crippen molar-refractivity contribution in [3.63, 3.8) is 0 Å². The predicted octanol–water partition coefficient (Wildman–Crippen LogP) is 5.63. The first-order valence-electron chi connectivity index (χ1n) is 12.7. The third-order valence-electron chi connectivity index (χ3n) is 8.86. The maximum atomic E-state index is 12.5. The second-order valence-electron chi connectivity index (χ2n) is 10.8. The average Bonchev–Trinajstić information content (AvgIpc) is 3.36. The quantitative estimate of drug-likeness (QED) is 0.273. The van der Waals surface area contributed by atoms with Gasteiger partial charge in [-0.05, 0) is 92.7 Å². The fourth-order valence-corrected chi connectivity index (χ4v) is 8.08. The minimum atomic E-state index is 0.0302. The minimum Gasteiger partial charge on any atom is -0.506 e. The van der Waals surface area contributed by atoms with E-state index in [9.17, 15) is 9.90 Å². The number of nitrogens with zero attached hydrogens (tertiary/aromatic N) is 2. The summed E-state index contributed by atoms with van der Waals surface area (Å²) in [7, 11) is 1.64. The molecular formula is C27H36N4O3S. The van der Waals surface area contributed by atoms with Gasteiger partial charge in [0.25, 0.3) is 0 Å². The van der Waals surface area contributed by atoms with E-state index in [2.05, 4.69) is 28.4 Å². The number of aryl methyl sites for hydroxylation is 1. The Labute approximate surface area is 211 Å². The van der Waals surface area contributed by atoms with Crippen molar-refractivity contribution >= 4 is 33.8 Å². The third-order valence-corrected chi connectivity index (χ3v) is 9.68. The van der Waals surface area contributed by atoms with Crippen molar-refractivity contribution in [3.05, 3.63) is 34.3 Å². The van der Waals surface area contributed by atoms with E-state index < -0.39 is 0 Å². The number of aromatic hydroxyl groups is 1. The number of nitrogens with two attached hydrogens (primary N) is 1. The average molecular weight is 497 g/mol. The molecule has 0 bridgehead atoms. The Hall–Kier alpha value is -2.61. The van der Waals surface area contributed by atoms with Gasteiger partial charge in [0.15, 0.2) is 5.13 Å². The maximum Gasteiger partial charge on any atom is 0.226 e. The number of hydrogen-bond acceptors (Lipinski definition) is 7. The molecule has 0 radical (unpaired) electrons. The number of aromatic nitrogens is 1. The van der Waals surface area contributed by atoms with Gasteiger partial charge in [0, 0.05) is 22.9 Å². The number of phenolic OH excluding ortho intramolecular Hbond substituents is 1. The van der Waals surface area contributed by atoms with Gasteiger partial charge < -0.3 is 21.0 Å². The van der Waals surface area contributed by atoms with E-state index >= 15 is 0 Å². The summed E-state index contributed by atoms with van der Waals surface area (Å²) in [5.41, 5.74) is 10.5. The third kappa shape index (κ3) is 4.30. The molecule has 1 aromatic heterocycles. The highest BCUT2D eigenvalue weighted by atomic mass is 32.1. The summed E-state index contributed by atoms with van der Waals surface area (Å²) < 4.78 is 0. The van der Waals surface area contributed by atoms with Crippen LogP contribution in [0.4, 0.5) is 10.8 Å². The van der Waals surface area contributed by atoms with Crippen LogP contribution in [0.5, 0.6) is 5.75 Å². The van der Waals surface area contributed by atoms with Gasteiger partial charge in [-0.1, -0.05) is 18.1 Å². The van der Waals surface area contributed by atoms with Crippen LogP contribution in [-0.4, -0.2) is 28.8 Å². The highest BCUT2D eigenvalue weighted by molar-refractivity contribution is 7.15. The molecule has 5 rings (SSSR count). The van der Waals surface area contributed by atoms with Crippen molar-refractivity contribution in [2.45, 2.75) is 71.1 Å². The molecule has 1 amide bonds. The van der Waals surface area contributed by atoms with Crippen molar-refractivity contribution in [2.75, 3.05) is 18.2 Å². The van der Waals surface area contributed by atoms with Crippen LogP contribution in [0.15, 0.2) is 23.5 Å². The van der Waals surface area contributed by atoms with E-state index in [0.717, 1.165) is 55.4 Å². The Kier molecular flexibility index (Phi) is 6.51. The number of fused-ring (bicyclic) bond motifs is 5. The number of thiazole rings is 1. The molecule has 3 aliphatic carbocycles. The molecule has 2 saturated carbocycles. The van der Waals surface area contributed by atoms with Crippen molar-refractivity contribution < 1.29 is 14.7 Å². The zero-order valence-electron chi connectivity index (χ0n) is 20.8. The fourth-order valence-electron chi connectivity index (χ4n) is 7.40. The van der Waals surface area contributed by atoms with Crippen LogP contribution < -0.4 is 11.1 Å². The lowest BCUT2D eigenvalue weighted by atomic mass is 9.53. The van der Waals surface area contributed by atoms with Gasteiger partial charge >= 0.3 is 0 Å². The molecule has 1 aromatic carbocycles. The number of amides is 1. The lowest BCUT2D eigenvalue weighted by Gasteiger charge is -2.50. The van der Waals surface area contributed by atoms with Gasteiger partial charge in [-0.15, -0.1) is 11.3 Å². The predicted molar refractivity (Wildman–Crippen MR) is 140 cm³/mol. The highest BCUT2D eigenvalue weighted by Crippen LogP contribution is 2.63. The maximum absolute atomic E-state index is 12.5. The topological polar surface area (TPSA) is 110 Å². The Morgan fingerprint density at radius 3 is 2.97 bits per heavy atom. The molecule has 188 valence electrons. The molecule has 1 heterocycles. The molecule has 0 saturated heterocycles. The van der Waals surface area contributed by atoms with Gasteiger partial charge in [0.1, 0.15) is 12.9 Å². The van der Waals surface area contributed by atoms with Crippen LogP contribution >= 0.6 is 11.3 Å². The van der Waals surface area contributed by atoms with Gasteiger partial charge in [-0.3, -0.25) is 4.79 Å². The van der Waals surface area contributed by atoms with Gasteiger partial charge in [0.05, 0.1) is 11.4 Å². The van der Waals surface area contributed by atoms with E-state index in [0.29, 0.717) is 40.9 Å². The van der Waals surface area contributed by atoms with Crippen LogP contribution in [0.25, 0.3) is 0 Å². The van der Waals surface area contributed by atoms with Crippen LogP contribution in [0.3, 0.4) is 0 Å². The normalized spacial score (nSPS) is 30.4. The highest BCUT2D eigenvalue weighted by Gasteiger charge is 2.57. The van der Waals surface area contributed by atoms with Crippen molar-refractivity contribution in [3.8, 4) is 5.75 Å². The molecule has 3 aliphatic rings. The Morgan fingerprint density at radius 1 is 1.40 bits per heavy atom. The molecule has 0 aliphatic heterocycles. The second kappa shape index (κ2) is 9.45. The first kappa shape index (κ1) is 24.1. The first-order valence-corrected chi connectivity index (χ1v) is 13.6. The minimum absolute atomic E-state index is 0.0302. The van der Waals surface area contributed by atoms with Gasteiger partial charge in [-0.25, -0.2) is 4.98 Å². The SMILES string of the molecule is CO/N=C1\C[C@@H](CCCC(=O)Nc2ncc(C)s2)C2C3CCc4c(ccc(O)c4N)C3CC[C@]12C. The summed E-state index contributed by atoms with van der Waals surface area (Å²) in [5.74, 6) is 2.22. The Morgan fingerprint density at radius 2 is 2.23 bits per heavy atom. The van der Waals surface area contributed by atoms with E-state index in [1.165, 1.54) is 22.6 Å². The first-order chi connectivity index (χ1) is 16.8. The molecule has 5 atom stereocenters. The number of oxime groups is 1. The number of rotatable bonds is 6. The molecule has 7 nitrogen and oxygen atoms in total. The number of anilines is 2. The molecule has 2 fully saturated rings. The lowest BCUT2D eigenvalue weighted by Crippen LogP contribution is -2.44. The smallest absolute Gasteiger partial charge is 0.226 e. The summed E-state index contributed by atoms with van der Waals surface area (Å²) in [5, 5.41) is 18.3. The number of nitrogens with one attached hydrogen (secondary N) is 1. The van der Waals surface area contributed by atoms with E-state index in [-0.39, 0.29) is 17.1 Å². The zero-order valence-corrected chi connectivity index (χ0v) is 21.7. The number of phenols is 1. The van der Waals surface area contributed by atoms with Crippen molar-refractivity contribution in [2.24, 2.45) is 28.3 Å². The number of benzene rings is 1. The molecule has 8 heteroatoms. The summed E-state index contributed by atoms with van der Waals surface area (Å²) in [4.78, 5) is 23.1. The monoisotopic (exact) mass is 496 g/mol. The lowest BCUT2D eigenvalue weighted by molar-refractivity contribution is -0.116. The van der Waals surface area contributed by atoms with Crippen molar-refractivity contribution in [1.29, 1.82) is 0 Å². The summed E-state index contributed by atoms with van der Waals surface area (Å²) >= 11 is 1.51. The number of carbonyl (C=O) groups is 1. The molecule has 3 unspecified atom stereocenters. The molecule has 0 spiro atoms. The molecule has 2 aromatic rings. The fraction of sp³-hybridized carbons (Fsp3) is 0.593. The zero-order chi connectivity index (χ0) is 24.7. The van der Waals surface area contributed by atoms with Crippen LogP contribution in [0.1, 0.15) is 73.8 Å². The van der Waals surface area contributed by atoms with Crippen LogP contribution in [-0.2, 0) is 16.1 Å². The largest absolute Gasteiger partial charge is 0.506 e. The van der Waals surface area contributed by atoms with Gasteiger partial charge in [0.2, 0.25) is 5.91 Å². The van der Waals surface area contributed by atoms with E-state index in [1.54, 1.807) is 19.4 Å². The molecule has 35 heavy (non-hydrogen) atoms. The number of carbonyl (C=O) groups excluding carboxylic acids is 1. The second-order valence-corrected chi connectivity index (χ2v) is 12.0. The van der Waals surface area contributed by atoms with Gasteiger partial charge in [-0.2, -0.15) is 0 Å². The molecular weight excluding hydrogens is 460 g/mol. The Balaban J connectivity index is 1.33. The molecule has 4 N–H and O–H groups in total. The Bertz CT molecular complexity index is 1150. The summed E-state index contributed by atoms with van der Waals surface area (Å²) in [6.07, 6.45) is 9.23. The summed E-state index contributed by atoms with van der Waals surface area (Å²) in [6.45, 7) is 4.37.